The standard InChI is InChI=1S/C13H8F4O3S/c14-8-1-6-12(11(15)7-8)20-9-2-4-10(5-3-9)21(18,19)13(16)17/h1-7,13H. The molecule has 0 bridgehead atoms. The summed E-state index contributed by atoms with van der Waals surface area (Å²) in [7, 11) is -4.69. The predicted molar refractivity (Wildman–Crippen MR) is 66.1 cm³/mol. The molecule has 0 N–H and O–H groups in total. The Morgan fingerprint density at radius 1 is 0.952 bits per heavy atom. The van der Waals surface area contributed by atoms with Gasteiger partial charge in [0.2, 0.25) is 9.84 Å². The Kier molecular flexibility index (Phi) is 4.17. The second-order valence-corrected chi connectivity index (χ2v) is 5.87. The van der Waals surface area contributed by atoms with Crippen molar-refractivity contribution in [1.29, 1.82) is 0 Å². The molecule has 0 unspecified atom stereocenters. The molecule has 8 heteroatoms. The molecule has 0 aliphatic heterocycles. The predicted octanol–water partition coefficient (Wildman–Crippen LogP) is 3.75. The molecule has 0 aromatic heterocycles. The number of ether oxygens (including phenoxy) is 1. The van der Waals surface area contributed by atoms with Crippen LogP contribution in [0.15, 0.2) is 47.4 Å². The SMILES string of the molecule is O=S(=O)(c1ccc(Oc2ccc(F)cc2F)cc1)C(F)F. The lowest BCUT2D eigenvalue weighted by Crippen LogP contribution is -2.11. The number of hydrogen-bond donors (Lipinski definition) is 0. The van der Waals surface area contributed by atoms with E-state index in [0.717, 1.165) is 36.4 Å². The monoisotopic (exact) mass is 320 g/mol. The van der Waals surface area contributed by atoms with Gasteiger partial charge in [-0.05, 0) is 36.4 Å². The third kappa shape index (κ3) is 3.33. The van der Waals surface area contributed by atoms with Gasteiger partial charge in [0.15, 0.2) is 11.6 Å². The smallest absolute Gasteiger partial charge is 0.341 e. The molecule has 112 valence electrons. The maximum Gasteiger partial charge on any atom is 0.341 e. The van der Waals surface area contributed by atoms with E-state index in [1.165, 1.54) is 0 Å². The first-order valence-electron chi connectivity index (χ1n) is 5.56. The Labute approximate surface area is 117 Å². The van der Waals surface area contributed by atoms with Crippen LogP contribution < -0.4 is 4.74 Å². The van der Waals surface area contributed by atoms with Crippen LogP contribution in [0.5, 0.6) is 11.5 Å². The molecule has 0 saturated heterocycles. The van der Waals surface area contributed by atoms with E-state index in [0.29, 0.717) is 6.07 Å². The molecule has 0 atom stereocenters. The summed E-state index contributed by atoms with van der Waals surface area (Å²) in [6.45, 7) is 0. The third-order valence-electron chi connectivity index (χ3n) is 2.51. The first-order chi connectivity index (χ1) is 9.80. The van der Waals surface area contributed by atoms with Crippen molar-refractivity contribution in [2.45, 2.75) is 10.7 Å². The number of benzene rings is 2. The summed E-state index contributed by atoms with van der Waals surface area (Å²) < 4.78 is 78.2. The van der Waals surface area contributed by atoms with Crippen LogP contribution in [0.25, 0.3) is 0 Å². The van der Waals surface area contributed by atoms with E-state index in [2.05, 4.69) is 0 Å². The molecule has 0 fully saturated rings. The van der Waals surface area contributed by atoms with Gasteiger partial charge in [0, 0.05) is 6.07 Å². The van der Waals surface area contributed by atoms with Crippen molar-refractivity contribution < 1.29 is 30.7 Å². The largest absolute Gasteiger partial charge is 0.454 e. The van der Waals surface area contributed by atoms with Gasteiger partial charge in [-0.3, -0.25) is 0 Å². The Balaban J connectivity index is 2.24. The summed E-state index contributed by atoms with van der Waals surface area (Å²) >= 11 is 0. The average Bonchev–Trinajstić information content (AvgIpc) is 2.42. The number of sulfone groups is 1. The van der Waals surface area contributed by atoms with Crippen LogP contribution >= 0.6 is 0 Å². The van der Waals surface area contributed by atoms with Crippen molar-refractivity contribution in [2.24, 2.45) is 0 Å². The van der Waals surface area contributed by atoms with Gasteiger partial charge in [-0.2, -0.15) is 8.78 Å². The summed E-state index contributed by atoms with van der Waals surface area (Å²) in [6.07, 6.45) is 0. The van der Waals surface area contributed by atoms with Crippen LogP contribution in [-0.2, 0) is 9.84 Å². The fraction of sp³-hybridized carbons (Fsp3) is 0.0769. The first-order valence-corrected chi connectivity index (χ1v) is 7.10. The average molecular weight is 320 g/mol. The molecule has 0 aliphatic rings. The maximum atomic E-state index is 13.4. The lowest BCUT2D eigenvalue weighted by molar-refractivity contribution is 0.234. The van der Waals surface area contributed by atoms with Gasteiger partial charge in [-0.1, -0.05) is 0 Å². The molecule has 0 spiro atoms. The highest BCUT2D eigenvalue weighted by atomic mass is 32.2. The highest BCUT2D eigenvalue weighted by molar-refractivity contribution is 7.91. The molecule has 0 radical (unpaired) electrons. The van der Waals surface area contributed by atoms with Crippen molar-refractivity contribution in [3.63, 3.8) is 0 Å². The lowest BCUT2D eigenvalue weighted by Gasteiger charge is -2.08. The van der Waals surface area contributed by atoms with Gasteiger partial charge in [0.25, 0.3) is 0 Å². The van der Waals surface area contributed by atoms with Gasteiger partial charge in [-0.25, -0.2) is 17.2 Å². The van der Waals surface area contributed by atoms with Gasteiger partial charge in [-0.15, -0.1) is 0 Å². The molecule has 0 heterocycles. The van der Waals surface area contributed by atoms with Crippen molar-refractivity contribution >= 4 is 9.84 Å². The van der Waals surface area contributed by atoms with Crippen LogP contribution in [-0.4, -0.2) is 14.2 Å². The Morgan fingerprint density at radius 2 is 1.57 bits per heavy atom. The maximum absolute atomic E-state index is 13.4. The quantitative estimate of drug-likeness (QED) is 0.806. The Bertz CT molecular complexity index is 743. The minimum absolute atomic E-state index is 0.0220. The summed E-state index contributed by atoms with van der Waals surface area (Å²) in [6, 6.07) is 6.67. The molecule has 0 saturated carbocycles. The molecule has 21 heavy (non-hydrogen) atoms. The minimum atomic E-state index is -4.69. The molecule has 0 amide bonds. The molecule has 2 aromatic rings. The highest BCUT2D eigenvalue weighted by Gasteiger charge is 2.26. The van der Waals surface area contributed by atoms with Crippen molar-refractivity contribution in [3.8, 4) is 11.5 Å². The van der Waals surface area contributed by atoms with E-state index < -0.39 is 32.1 Å². The van der Waals surface area contributed by atoms with Gasteiger partial charge < -0.3 is 4.74 Å². The topological polar surface area (TPSA) is 43.4 Å². The number of halogens is 4. The van der Waals surface area contributed by atoms with Gasteiger partial charge in [0.05, 0.1) is 4.90 Å². The Morgan fingerprint density at radius 3 is 2.10 bits per heavy atom. The lowest BCUT2D eigenvalue weighted by atomic mass is 10.3. The van der Waals surface area contributed by atoms with E-state index in [4.69, 9.17) is 4.74 Å². The molecule has 2 rings (SSSR count). The minimum Gasteiger partial charge on any atom is -0.454 e. The fourth-order valence-electron chi connectivity index (χ4n) is 1.49. The molecular formula is C13H8F4O3S. The number of hydrogen-bond acceptors (Lipinski definition) is 3. The summed E-state index contributed by atoms with van der Waals surface area (Å²) in [4.78, 5) is -0.579. The zero-order chi connectivity index (χ0) is 15.6. The van der Waals surface area contributed by atoms with Crippen molar-refractivity contribution in [3.05, 3.63) is 54.1 Å². The van der Waals surface area contributed by atoms with E-state index in [1.54, 1.807) is 0 Å². The van der Waals surface area contributed by atoms with Crippen molar-refractivity contribution in [1.82, 2.24) is 0 Å². The van der Waals surface area contributed by atoms with Gasteiger partial charge >= 0.3 is 5.76 Å². The van der Waals surface area contributed by atoms with Crippen LogP contribution in [0, 0.1) is 11.6 Å². The van der Waals surface area contributed by atoms with Gasteiger partial charge in [0.1, 0.15) is 11.6 Å². The van der Waals surface area contributed by atoms with E-state index in [9.17, 15) is 26.0 Å². The molecule has 2 aromatic carbocycles. The van der Waals surface area contributed by atoms with Crippen LogP contribution in [0.4, 0.5) is 17.6 Å². The number of alkyl halides is 2. The highest BCUT2D eigenvalue weighted by Crippen LogP contribution is 2.27. The van der Waals surface area contributed by atoms with Crippen molar-refractivity contribution in [2.75, 3.05) is 0 Å². The molecule has 3 nitrogen and oxygen atoms in total. The van der Waals surface area contributed by atoms with Crippen LogP contribution in [0.2, 0.25) is 0 Å². The summed E-state index contributed by atoms with van der Waals surface area (Å²) in [5.41, 5.74) is 0. The number of rotatable bonds is 4. The van der Waals surface area contributed by atoms with E-state index >= 15 is 0 Å². The van der Waals surface area contributed by atoms with E-state index in [1.807, 2.05) is 0 Å². The molecular weight excluding hydrogens is 312 g/mol. The Hall–Kier alpha value is -2.09. The fourth-order valence-corrected chi connectivity index (χ4v) is 2.21. The zero-order valence-electron chi connectivity index (χ0n) is 10.3. The zero-order valence-corrected chi connectivity index (χ0v) is 11.1. The van der Waals surface area contributed by atoms with Crippen LogP contribution in [0.3, 0.4) is 0 Å². The first kappa shape index (κ1) is 15.3. The summed E-state index contributed by atoms with van der Waals surface area (Å²) in [5, 5.41) is 0. The normalized spacial score (nSPS) is 11.7. The summed E-state index contributed by atoms with van der Waals surface area (Å²) in [5.74, 6) is -5.51. The second kappa shape index (κ2) is 5.72. The molecule has 0 aliphatic carbocycles. The second-order valence-electron chi connectivity index (χ2n) is 3.95. The van der Waals surface area contributed by atoms with E-state index in [-0.39, 0.29) is 11.5 Å². The van der Waals surface area contributed by atoms with Crippen LogP contribution in [0.1, 0.15) is 0 Å². The third-order valence-corrected chi connectivity index (χ3v) is 3.91.